The molecule has 3 aromatic rings. The summed E-state index contributed by atoms with van der Waals surface area (Å²) >= 11 is 0. The minimum atomic E-state index is 0.296. The van der Waals surface area contributed by atoms with Gasteiger partial charge < -0.3 is 15.2 Å². The molecule has 31 heavy (non-hydrogen) atoms. The van der Waals surface area contributed by atoms with Gasteiger partial charge >= 0.3 is 0 Å². The Bertz CT molecular complexity index is 1170. The summed E-state index contributed by atoms with van der Waals surface area (Å²) in [7, 11) is 2.02. The molecule has 0 atom stereocenters. The van der Waals surface area contributed by atoms with Gasteiger partial charge in [0.1, 0.15) is 6.07 Å². The number of allylic oxidation sites excluding steroid dienone is 2. The third-order valence-corrected chi connectivity index (χ3v) is 5.79. The molecular weight excluding hydrogens is 380 g/mol. The van der Waals surface area contributed by atoms with Gasteiger partial charge in [-0.2, -0.15) is 5.26 Å². The Morgan fingerprint density at radius 2 is 1.68 bits per heavy atom. The second-order valence-corrected chi connectivity index (χ2v) is 8.03. The van der Waals surface area contributed by atoms with Crippen molar-refractivity contribution < 1.29 is 0 Å². The molecule has 0 aliphatic heterocycles. The molecule has 4 heteroatoms. The van der Waals surface area contributed by atoms with Crippen LogP contribution in [0.4, 0.5) is 5.69 Å². The highest BCUT2D eigenvalue weighted by Crippen LogP contribution is 2.31. The summed E-state index contributed by atoms with van der Waals surface area (Å²) in [4.78, 5) is 2.46. The van der Waals surface area contributed by atoms with E-state index in [2.05, 4.69) is 78.4 Å². The first kappa shape index (κ1) is 22.2. The minimum absolute atomic E-state index is 0.296. The number of rotatable bonds is 8. The maximum absolute atomic E-state index is 9.43. The standard InChI is InChI=1S/C27H32N4/c1-6-14-31(15-7-2)24-11-10-21-16-23(9-8-22(21)17-24)27-13-12-26(30(27)5)19(3)25(18-28)20(4)29/h8-13,16-17H,4,6-7,14-15,29H2,1-3,5H3/b25-19+. The second-order valence-electron chi connectivity index (χ2n) is 8.03. The number of nitrogens with zero attached hydrogens (tertiary/aromatic N) is 3. The lowest BCUT2D eigenvalue weighted by Crippen LogP contribution is -2.24. The molecule has 1 heterocycles. The lowest BCUT2D eigenvalue weighted by Gasteiger charge is -2.24. The van der Waals surface area contributed by atoms with Gasteiger partial charge in [0, 0.05) is 42.9 Å². The quantitative estimate of drug-likeness (QED) is 0.352. The Morgan fingerprint density at radius 1 is 1.03 bits per heavy atom. The van der Waals surface area contributed by atoms with Crippen LogP contribution in [0.3, 0.4) is 0 Å². The smallest absolute Gasteiger partial charge is 0.102 e. The molecule has 160 valence electrons. The molecule has 1 aromatic heterocycles. The Kier molecular flexibility index (Phi) is 6.87. The van der Waals surface area contributed by atoms with Crippen molar-refractivity contribution in [3.05, 3.63) is 72.1 Å². The molecule has 0 aliphatic carbocycles. The van der Waals surface area contributed by atoms with E-state index in [0.29, 0.717) is 11.3 Å². The molecular formula is C27H32N4. The van der Waals surface area contributed by atoms with Gasteiger partial charge in [-0.05, 0) is 72.0 Å². The average molecular weight is 413 g/mol. The largest absolute Gasteiger partial charge is 0.398 e. The van der Waals surface area contributed by atoms with Crippen molar-refractivity contribution in [2.45, 2.75) is 33.6 Å². The minimum Gasteiger partial charge on any atom is -0.398 e. The van der Waals surface area contributed by atoms with Crippen molar-refractivity contribution in [2.75, 3.05) is 18.0 Å². The van der Waals surface area contributed by atoms with E-state index < -0.39 is 0 Å². The van der Waals surface area contributed by atoms with Crippen LogP contribution in [-0.4, -0.2) is 17.7 Å². The van der Waals surface area contributed by atoms with Crippen LogP contribution in [0.15, 0.2) is 66.4 Å². The van der Waals surface area contributed by atoms with E-state index >= 15 is 0 Å². The molecule has 4 nitrogen and oxygen atoms in total. The molecule has 0 aliphatic rings. The fourth-order valence-electron chi connectivity index (χ4n) is 4.20. The van der Waals surface area contributed by atoms with Crippen molar-refractivity contribution in [2.24, 2.45) is 12.8 Å². The predicted molar refractivity (Wildman–Crippen MR) is 133 cm³/mol. The van der Waals surface area contributed by atoms with Crippen molar-refractivity contribution in [1.82, 2.24) is 4.57 Å². The number of benzene rings is 2. The van der Waals surface area contributed by atoms with Crippen molar-refractivity contribution >= 4 is 22.0 Å². The molecule has 0 saturated carbocycles. The van der Waals surface area contributed by atoms with E-state index in [1.807, 2.05) is 20.0 Å². The summed E-state index contributed by atoms with van der Waals surface area (Å²) in [5, 5.41) is 11.9. The van der Waals surface area contributed by atoms with Crippen molar-refractivity contribution in [1.29, 1.82) is 5.26 Å². The monoisotopic (exact) mass is 412 g/mol. The molecule has 3 rings (SSSR count). The zero-order valence-electron chi connectivity index (χ0n) is 19.1. The van der Waals surface area contributed by atoms with Gasteiger partial charge in [-0.3, -0.25) is 0 Å². The molecule has 0 spiro atoms. The van der Waals surface area contributed by atoms with Crippen LogP contribution in [-0.2, 0) is 7.05 Å². The first-order valence-electron chi connectivity index (χ1n) is 10.9. The normalized spacial score (nSPS) is 11.8. The number of nitrogens with two attached hydrogens (primary N) is 1. The number of nitriles is 1. The molecule has 2 N–H and O–H groups in total. The van der Waals surface area contributed by atoms with E-state index in [4.69, 9.17) is 5.73 Å². The van der Waals surface area contributed by atoms with Gasteiger partial charge in [0.15, 0.2) is 0 Å². The molecule has 2 aromatic carbocycles. The zero-order chi connectivity index (χ0) is 22.5. The fourth-order valence-corrected chi connectivity index (χ4v) is 4.20. The summed E-state index contributed by atoms with van der Waals surface area (Å²) in [5.74, 6) is 0. The molecule has 0 unspecified atom stereocenters. The van der Waals surface area contributed by atoms with Gasteiger partial charge in [-0.15, -0.1) is 0 Å². The van der Waals surface area contributed by atoms with Gasteiger partial charge in [-0.25, -0.2) is 0 Å². The van der Waals surface area contributed by atoms with E-state index in [1.165, 1.54) is 16.5 Å². The van der Waals surface area contributed by atoms with Gasteiger partial charge in [-0.1, -0.05) is 38.6 Å². The number of hydrogen-bond acceptors (Lipinski definition) is 3. The van der Waals surface area contributed by atoms with Gasteiger partial charge in [0.25, 0.3) is 0 Å². The highest BCUT2D eigenvalue weighted by Gasteiger charge is 2.13. The summed E-state index contributed by atoms with van der Waals surface area (Å²) < 4.78 is 2.11. The van der Waals surface area contributed by atoms with Gasteiger partial charge in [0.05, 0.1) is 5.57 Å². The van der Waals surface area contributed by atoms with E-state index in [1.54, 1.807) is 0 Å². The van der Waals surface area contributed by atoms with E-state index in [9.17, 15) is 5.26 Å². The third-order valence-electron chi connectivity index (χ3n) is 5.79. The average Bonchev–Trinajstić information content (AvgIpc) is 3.14. The maximum Gasteiger partial charge on any atom is 0.102 e. The van der Waals surface area contributed by atoms with Crippen LogP contribution in [0.5, 0.6) is 0 Å². The maximum atomic E-state index is 9.43. The molecule has 0 saturated heterocycles. The van der Waals surface area contributed by atoms with Crippen LogP contribution in [0.2, 0.25) is 0 Å². The highest BCUT2D eigenvalue weighted by atomic mass is 15.1. The number of hydrogen-bond donors (Lipinski definition) is 1. The Morgan fingerprint density at radius 3 is 2.29 bits per heavy atom. The molecule has 0 radical (unpaired) electrons. The SMILES string of the molecule is C=C(N)/C(C#N)=C(\C)c1ccc(-c2ccc3cc(N(CCC)CCC)ccc3c2)n1C. The molecule has 0 amide bonds. The van der Waals surface area contributed by atoms with Crippen molar-refractivity contribution in [3.63, 3.8) is 0 Å². The summed E-state index contributed by atoms with van der Waals surface area (Å²) in [6.07, 6.45) is 2.29. The lowest BCUT2D eigenvalue weighted by molar-refractivity contribution is 0.745. The number of aromatic nitrogens is 1. The number of anilines is 1. The van der Waals surface area contributed by atoms with Crippen LogP contribution < -0.4 is 10.6 Å². The van der Waals surface area contributed by atoms with E-state index in [0.717, 1.165) is 48.5 Å². The van der Waals surface area contributed by atoms with Gasteiger partial charge in [0.2, 0.25) is 0 Å². The number of fused-ring (bicyclic) bond motifs is 1. The van der Waals surface area contributed by atoms with Crippen LogP contribution in [0.1, 0.15) is 39.3 Å². The topological polar surface area (TPSA) is 58.0 Å². The zero-order valence-corrected chi connectivity index (χ0v) is 19.1. The lowest BCUT2D eigenvalue weighted by atomic mass is 10.0. The Hall–Kier alpha value is -3.45. The molecule has 0 fully saturated rings. The van der Waals surface area contributed by atoms with E-state index in [-0.39, 0.29) is 0 Å². The van der Waals surface area contributed by atoms with Crippen LogP contribution >= 0.6 is 0 Å². The first-order chi connectivity index (χ1) is 14.9. The summed E-state index contributed by atoms with van der Waals surface area (Å²) in [6.45, 7) is 12.3. The van der Waals surface area contributed by atoms with Crippen LogP contribution in [0, 0.1) is 11.3 Å². The Balaban J connectivity index is 2.00. The first-order valence-corrected chi connectivity index (χ1v) is 10.9. The predicted octanol–water partition coefficient (Wildman–Crippen LogP) is 6.24. The fraction of sp³-hybridized carbons (Fsp3) is 0.296. The summed E-state index contributed by atoms with van der Waals surface area (Å²) in [5.41, 5.74) is 11.9. The Labute approximate surface area is 185 Å². The molecule has 0 bridgehead atoms. The highest BCUT2D eigenvalue weighted by molar-refractivity contribution is 5.90. The third kappa shape index (κ3) is 4.51. The summed E-state index contributed by atoms with van der Waals surface area (Å²) in [6, 6.07) is 19.6. The second kappa shape index (κ2) is 9.57. The van der Waals surface area contributed by atoms with Crippen LogP contribution in [0.25, 0.3) is 27.6 Å². The van der Waals surface area contributed by atoms with Crippen molar-refractivity contribution in [3.8, 4) is 17.3 Å².